The van der Waals surface area contributed by atoms with Gasteiger partial charge in [0.25, 0.3) is 0 Å². The van der Waals surface area contributed by atoms with Gasteiger partial charge in [0.15, 0.2) is 0 Å². The molecular formula is C13H18N2O2. The molecule has 1 aliphatic carbocycles. The van der Waals surface area contributed by atoms with Crippen LogP contribution < -0.4 is 0 Å². The number of carbonyl (C=O) groups is 1. The molecule has 0 unspecified atom stereocenters. The number of pyridine rings is 1. The number of rotatable bonds is 6. The van der Waals surface area contributed by atoms with Gasteiger partial charge in [-0.1, -0.05) is 6.07 Å². The normalized spacial score (nSPS) is 14.6. The number of aryl methyl sites for hydroxylation is 1. The molecule has 1 aliphatic rings. The molecule has 1 heterocycles. The van der Waals surface area contributed by atoms with Crippen molar-refractivity contribution < 1.29 is 9.90 Å². The highest BCUT2D eigenvalue weighted by Crippen LogP contribution is 2.27. The largest absolute Gasteiger partial charge is 0.395 e. The van der Waals surface area contributed by atoms with Crippen LogP contribution >= 0.6 is 0 Å². The molecule has 4 heteroatoms. The minimum absolute atomic E-state index is 0.0474. The van der Waals surface area contributed by atoms with Gasteiger partial charge >= 0.3 is 0 Å². The number of aromatic nitrogens is 1. The lowest BCUT2D eigenvalue weighted by Crippen LogP contribution is -2.35. The third-order valence-electron chi connectivity index (χ3n) is 2.97. The molecule has 0 spiro atoms. The zero-order chi connectivity index (χ0) is 12.1. The van der Waals surface area contributed by atoms with Crippen LogP contribution in [0.2, 0.25) is 0 Å². The van der Waals surface area contributed by atoms with Crippen LogP contribution in [0.5, 0.6) is 0 Å². The van der Waals surface area contributed by atoms with Crippen LogP contribution in [0, 0.1) is 0 Å². The van der Waals surface area contributed by atoms with Crippen molar-refractivity contribution in [3.63, 3.8) is 0 Å². The SMILES string of the molecule is O=C(CCc1ccccn1)N(CCO)C1CC1. The van der Waals surface area contributed by atoms with Crippen LogP contribution in [0.15, 0.2) is 24.4 Å². The van der Waals surface area contributed by atoms with Gasteiger partial charge in [-0.15, -0.1) is 0 Å². The van der Waals surface area contributed by atoms with Crippen molar-refractivity contribution in [2.75, 3.05) is 13.2 Å². The predicted molar refractivity (Wildman–Crippen MR) is 64.4 cm³/mol. The van der Waals surface area contributed by atoms with Gasteiger partial charge in [-0.25, -0.2) is 0 Å². The summed E-state index contributed by atoms with van der Waals surface area (Å²) in [6, 6.07) is 6.10. The summed E-state index contributed by atoms with van der Waals surface area (Å²) in [6.45, 7) is 0.511. The Hall–Kier alpha value is -1.42. The second-order valence-corrected chi connectivity index (χ2v) is 4.36. The third-order valence-corrected chi connectivity index (χ3v) is 2.97. The van der Waals surface area contributed by atoms with E-state index >= 15 is 0 Å². The number of aliphatic hydroxyl groups excluding tert-OH is 1. The maximum atomic E-state index is 12.0. The van der Waals surface area contributed by atoms with Crippen LogP contribution in [0.4, 0.5) is 0 Å². The molecule has 1 amide bonds. The zero-order valence-corrected chi connectivity index (χ0v) is 9.88. The number of aliphatic hydroxyl groups is 1. The fraction of sp³-hybridized carbons (Fsp3) is 0.538. The smallest absolute Gasteiger partial charge is 0.223 e. The monoisotopic (exact) mass is 234 g/mol. The topological polar surface area (TPSA) is 53.4 Å². The molecule has 0 radical (unpaired) electrons. The Morgan fingerprint density at radius 3 is 2.88 bits per heavy atom. The van der Waals surface area contributed by atoms with E-state index in [2.05, 4.69) is 4.98 Å². The molecule has 1 aromatic heterocycles. The van der Waals surface area contributed by atoms with Crippen molar-refractivity contribution in [2.45, 2.75) is 31.7 Å². The molecule has 1 N–H and O–H groups in total. The van der Waals surface area contributed by atoms with Crippen LogP contribution in [0.1, 0.15) is 25.0 Å². The summed E-state index contributed by atoms with van der Waals surface area (Å²) in [5, 5.41) is 8.94. The number of nitrogens with zero attached hydrogens (tertiary/aromatic N) is 2. The standard InChI is InChI=1S/C13H18N2O2/c16-10-9-15(12-5-6-12)13(17)7-4-11-3-1-2-8-14-11/h1-3,8,12,16H,4-7,9-10H2. The van der Waals surface area contributed by atoms with Gasteiger partial charge in [-0.3, -0.25) is 9.78 Å². The first-order valence-corrected chi connectivity index (χ1v) is 6.11. The van der Waals surface area contributed by atoms with Crippen LogP contribution in [0.25, 0.3) is 0 Å². The first-order chi connectivity index (χ1) is 8.31. The van der Waals surface area contributed by atoms with Crippen LogP contribution in [0.3, 0.4) is 0 Å². The molecule has 1 saturated carbocycles. The van der Waals surface area contributed by atoms with E-state index in [1.807, 2.05) is 23.1 Å². The van der Waals surface area contributed by atoms with Gasteiger partial charge in [-0.05, 0) is 31.4 Å². The van der Waals surface area contributed by atoms with Crippen molar-refractivity contribution in [1.82, 2.24) is 9.88 Å². The van der Waals surface area contributed by atoms with Gasteiger partial charge in [0.1, 0.15) is 0 Å². The summed E-state index contributed by atoms with van der Waals surface area (Å²) in [6.07, 6.45) is 5.05. The van der Waals surface area contributed by atoms with Crippen LogP contribution in [-0.4, -0.2) is 40.1 Å². The Morgan fingerprint density at radius 1 is 1.47 bits per heavy atom. The molecule has 2 rings (SSSR count). The summed E-state index contributed by atoms with van der Waals surface area (Å²) in [4.78, 5) is 18.0. The first kappa shape index (κ1) is 12.0. The molecule has 1 aromatic rings. The second-order valence-electron chi connectivity index (χ2n) is 4.36. The van der Waals surface area contributed by atoms with Gasteiger partial charge < -0.3 is 10.0 Å². The van der Waals surface area contributed by atoms with Gasteiger partial charge in [0.05, 0.1) is 6.61 Å². The lowest BCUT2D eigenvalue weighted by atomic mass is 10.2. The fourth-order valence-electron chi connectivity index (χ4n) is 1.93. The van der Waals surface area contributed by atoms with E-state index in [1.165, 1.54) is 0 Å². The summed E-state index contributed by atoms with van der Waals surface area (Å²) in [7, 11) is 0. The number of carbonyl (C=O) groups excluding carboxylic acids is 1. The highest BCUT2D eigenvalue weighted by Gasteiger charge is 2.31. The molecule has 0 aliphatic heterocycles. The maximum Gasteiger partial charge on any atom is 0.223 e. The lowest BCUT2D eigenvalue weighted by molar-refractivity contribution is -0.132. The van der Waals surface area contributed by atoms with Gasteiger partial charge in [0, 0.05) is 30.9 Å². The molecule has 1 fully saturated rings. The van der Waals surface area contributed by atoms with E-state index in [-0.39, 0.29) is 12.5 Å². The quantitative estimate of drug-likeness (QED) is 0.799. The van der Waals surface area contributed by atoms with E-state index in [0.717, 1.165) is 18.5 Å². The Morgan fingerprint density at radius 2 is 2.29 bits per heavy atom. The van der Waals surface area contributed by atoms with Crippen LogP contribution in [-0.2, 0) is 11.2 Å². The predicted octanol–water partition coefficient (Wildman–Crippen LogP) is 0.998. The highest BCUT2D eigenvalue weighted by atomic mass is 16.3. The molecule has 0 saturated heterocycles. The van der Waals surface area contributed by atoms with Crippen molar-refractivity contribution in [1.29, 1.82) is 0 Å². The minimum Gasteiger partial charge on any atom is -0.395 e. The molecule has 0 bridgehead atoms. The maximum absolute atomic E-state index is 12.0. The van der Waals surface area contributed by atoms with Crippen molar-refractivity contribution in [2.24, 2.45) is 0 Å². The first-order valence-electron chi connectivity index (χ1n) is 6.11. The van der Waals surface area contributed by atoms with E-state index in [9.17, 15) is 4.79 Å². The molecule has 92 valence electrons. The number of amides is 1. The Balaban J connectivity index is 1.83. The summed E-state index contributed by atoms with van der Waals surface area (Å²) in [5.74, 6) is 0.132. The highest BCUT2D eigenvalue weighted by molar-refractivity contribution is 5.77. The second kappa shape index (κ2) is 5.77. The third kappa shape index (κ3) is 3.53. The van der Waals surface area contributed by atoms with E-state index < -0.39 is 0 Å². The molecule has 17 heavy (non-hydrogen) atoms. The van der Waals surface area contributed by atoms with E-state index in [0.29, 0.717) is 25.4 Å². The lowest BCUT2D eigenvalue weighted by Gasteiger charge is -2.21. The fourth-order valence-corrected chi connectivity index (χ4v) is 1.93. The number of hydrogen-bond donors (Lipinski definition) is 1. The van der Waals surface area contributed by atoms with Crippen molar-refractivity contribution >= 4 is 5.91 Å². The van der Waals surface area contributed by atoms with E-state index in [1.54, 1.807) is 6.20 Å². The molecular weight excluding hydrogens is 216 g/mol. The number of hydrogen-bond acceptors (Lipinski definition) is 3. The Kier molecular flexibility index (Phi) is 4.09. The van der Waals surface area contributed by atoms with Crippen molar-refractivity contribution in [3.8, 4) is 0 Å². The summed E-state index contributed by atoms with van der Waals surface area (Å²) < 4.78 is 0. The van der Waals surface area contributed by atoms with Gasteiger partial charge in [-0.2, -0.15) is 0 Å². The van der Waals surface area contributed by atoms with Crippen molar-refractivity contribution in [3.05, 3.63) is 30.1 Å². The Labute approximate surface area is 101 Å². The molecule has 4 nitrogen and oxygen atoms in total. The molecule has 0 aromatic carbocycles. The minimum atomic E-state index is 0.0474. The zero-order valence-electron chi connectivity index (χ0n) is 9.88. The Bertz CT molecular complexity index is 363. The summed E-state index contributed by atoms with van der Waals surface area (Å²) >= 11 is 0. The van der Waals surface area contributed by atoms with E-state index in [4.69, 9.17) is 5.11 Å². The molecule has 0 atom stereocenters. The average Bonchev–Trinajstić information content (AvgIpc) is 3.18. The summed E-state index contributed by atoms with van der Waals surface area (Å²) in [5.41, 5.74) is 0.945. The average molecular weight is 234 g/mol. The van der Waals surface area contributed by atoms with Gasteiger partial charge in [0.2, 0.25) is 5.91 Å².